The summed E-state index contributed by atoms with van der Waals surface area (Å²) < 4.78 is 40.4. The van der Waals surface area contributed by atoms with E-state index in [4.69, 9.17) is 0 Å². The van der Waals surface area contributed by atoms with Crippen LogP contribution in [0.25, 0.3) is 0 Å². The number of para-hydroxylation sites is 2. The van der Waals surface area contributed by atoms with Gasteiger partial charge < -0.3 is 10.1 Å². The number of aromatic amines is 1. The number of carbonyl (C=O) groups excluding carboxylic acids is 1. The summed E-state index contributed by atoms with van der Waals surface area (Å²) in [5.74, 6) is -1.07. The van der Waals surface area contributed by atoms with Crippen LogP contribution in [0, 0.1) is 0 Å². The number of halogens is 3. The molecule has 0 aliphatic rings. The number of carbonyl (C=O) groups is 1. The van der Waals surface area contributed by atoms with Crippen LogP contribution in [0.2, 0.25) is 0 Å². The Hall–Kier alpha value is -2.51. The molecule has 0 unspecified atom stereocenters. The Kier molecular flexibility index (Phi) is 3.41. The first kappa shape index (κ1) is 12.9. The summed E-state index contributed by atoms with van der Waals surface area (Å²) in [6.45, 7) is 0. The Morgan fingerprint density at radius 3 is 2.68 bits per heavy atom. The molecule has 0 aliphatic carbocycles. The number of amides is 1. The van der Waals surface area contributed by atoms with Crippen molar-refractivity contribution in [3.05, 3.63) is 42.2 Å². The zero-order valence-corrected chi connectivity index (χ0v) is 9.36. The van der Waals surface area contributed by atoms with Crippen LogP contribution >= 0.6 is 0 Å². The van der Waals surface area contributed by atoms with Crippen molar-refractivity contribution in [1.29, 1.82) is 0 Å². The van der Waals surface area contributed by atoms with Crippen molar-refractivity contribution >= 4 is 11.6 Å². The highest BCUT2D eigenvalue weighted by Gasteiger charge is 2.32. The highest BCUT2D eigenvalue weighted by atomic mass is 19.4. The summed E-state index contributed by atoms with van der Waals surface area (Å²) in [5.41, 5.74) is 0.118. The second-order valence-corrected chi connectivity index (χ2v) is 3.49. The van der Waals surface area contributed by atoms with E-state index in [1.165, 1.54) is 30.6 Å². The Balaban J connectivity index is 2.18. The van der Waals surface area contributed by atoms with E-state index < -0.39 is 18.0 Å². The minimum Gasteiger partial charge on any atom is -0.404 e. The van der Waals surface area contributed by atoms with Crippen LogP contribution in [0.4, 0.5) is 18.9 Å². The number of ether oxygens (including phenoxy) is 1. The number of benzene rings is 1. The van der Waals surface area contributed by atoms with Crippen LogP contribution in [0.3, 0.4) is 0 Å². The van der Waals surface area contributed by atoms with Crippen molar-refractivity contribution in [3.8, 4) is 5.75 Å². The molecule has 0 spiro atoms. The number of aromatic nitrogens is 2. The van der Waals surface area contributed by atoms with E-state index in [0.717, 1.165) is 6.07 Å². The van der Waals surface area contributed by atoms with E-state index >= 15 is 0 Å². The smallest absolute Gasteiger partial charge is 0.404 e. The second kappa shape index (κ2) is 5.01. The molecule has 2 aromatic rings. The van der Waals surface area contributed by atoms with Crippen molar-refractivity contribution < 1.29 is 22.7 Å². The Morgan fingerprint density at radius 2 is 2.05 bits per heavy atom. The molecule has 19 heavy (non-hydrogen) atoms. The van der Waals surface area contributed by atoms with Gasteiger partial charge in [0.2, 0.25) is 0 Å². The molecule has 0 bridgehead atoms. The largest absolute Gasteiger partial charge is 0.573 e. The van der Waals surface area contributed by atoms with E-state index in [0.29, 0.717) is 0 Å². The van der Waals surface area contributed by atoms with Crippen LogP contribution in [0.1, 0.15) is 10.4 Å². The molecule has 1 heterocycles. The Morgan fingerprint density at radius 1 is 1.32 bits per heavy atom. The third-order valence-electron chi connectivity index (χ3n) is 2.12. The van der Waals surface area contributed by atoms with Crippen molar-refractivity contribution in [3.63, 3.8) is 0 Å². The van der Waals surface area contributed by atoms with Gasteiger partial charge in [0.05, 0.1) is 17.4 Å². The third-order valence-corrected chi connectivity index (χ3v) is 2.12. The number of nitrogens with one attached hydrogen (secondary N) is 2. The van der Waals surface area contributed by atoms with Gasteiger partial charge in [0, 0.05) is 6.20 Å². The highest BCUT2D eigenvalue weighted by Crippen LogP contribution is 2.30. The summed E-state index contributed by atoms with van der Waals surface area (Å²) in [6.07, 6.45) is -2.25. The number of H-pyrrole nitrogens is 1. The number of nitrogens with zero attached hydrogens (tertiary/aromatic N) is 1. The summed E-state index contributed by atoms with van der Waals surface area (Å²) in [4.78, 5) is 11.7. The van der Waals surface area contributed by atoms with Crippen molar-refractivity contribution in [2.45, 2.75) is 6.36 Å². The lowest BCUT2D eigenvalue weighted by atomic mass is 10.2. The van der Waals surface area contributed by atoms with Gasteiger partial charge >= 0.3 is 6.36 Å². The monoisotopic (exact) mass is 271 g/mol. The first-order chi connectivity index (χ1) is 8.96. The molecule has 0 fully saturated rings. The van der Waals surface area contributed by atoms with E-state index in [1.54, 1.807) is 0 Å². The lowest BCUT2D eigenvalue weighted by Crippen LogP contribution is -2.19. The first-order valence-electron chi connectivity index (χ1n) is 5.10. The molecule has 2 rings (SSSR count). The molecular formula is C11H8F3N3O2. The van der Waals surface area contributed by atoms with Gasteiger partial charge in [0.15, 0.2) is 5.75 Å². The average molecular weight is 271 g/mol. The molecule has 0 atom stereocenters. The molecule has 1 aromatic heterocycles. The van der Waals surface area contributed by atoms with Crippen molar-refractivity contribution in [2.75, 3.05) is 5.32 Å². The molecule has 8 heteroatoms. The zero-order valence-electron chi connectivity index (χ0n) is 9.36. The Labute approximate surface area is 105 Å². The number of alkyl halides is 3. The van der Waals surface area contributed by atoms with E-state index in [9.17, 15) is 18.0 Å². The van der Waals surface area contributed by atoms with Crippen LogP contribution in [-0.2, 0) is 0 Å². The molecular weight excluding hydrogens is 263 g/mol. The molecule has 5 nitrogen and oxygen atoms in total. The van der Waals surface area contributed by atoms with Gasteiger partial charge in [-0.2, -0.15) is 5.10 Å². The van der Waals surface area contributed by atoms with Gasteiger partial charge in [-0.1, -0.05) is 12.1 Å². The SMILES string of the molecule is O=C(Nc1ccccc1OC(F)(F)F)c1cn[nH]c1. The lowest BCUT2D eigenvalue weighted by Gasteiger charge is -2.13. The molecule has 100 valence electrons. The fourth-order valence-electron chi connectivity index (χ4n) is 1.35. The summed E-state index contributed by atoms with van der Waals surface area (Å²) in [7, 11) is 0. The maximum absolute atomic E-state index is 12.2. The van der Waals surface area contributed by atoms with Crippen LogP contribution in [0.15, 0.2) is 36.7 Å². The van der Waals surface area contributed by atoms with E-state index in [1.807, 2.05) is 0 Å². The predicted molar refractivity (Wildman–Crippen MR) is 59.7 cm³/mol. The van der Waals surface area contributed by atoms with E-state index in [-0.39, 0.29) is 11.3 Å². The van der Waals surface area contributed by atoms with Crippen molar-refractivity contribution in [2.24, 2.45) is 0 Å². The normalized spacial score (nSPS) is 11.1. The minimum absolute atomic E-state index is 0.0778. The average Bonchev–Trinajstić information content (AvgIpc) is 2.83. The van der Waals surface area contributed by atoms with Crippen LogP contribution in [0.5, 0.6) is 5.75 Å². The fraction of sp³-hybridized carbons (Fsp3) is 0.0909. The summed E-state index contributed by atoms with van der Waals surface area (Å²) in [6, 6.07) is 5.26. The molecule has 0 aliphatic heterocycles. The third kappa shape index (κ3) is 3.47. The second-order valence-electron chi connectivity index (χ2n) is 3.49. The Bertz CT molecular complexity index is 567. The summed E-state index contributed by atoms with van der Waals surface area (Å²) >= 11 is 0. The topological polar surface area (TPSA) is 67.0 Å². The molecule has 2 N–H and O–H groups in total. The highest BCUT2D eigenvalue weighted by molar-refractivity contribution is 6.04. The van der Waals surface area contributed by atoms with Crippen LogP contribution in [-0.4, -0.2) is 22.5 Å². The minimum atomic E-state index is -4.82. The van der Waals surface area contributed by atoms with Gasteiger partial charge in [0.25, 0.3) is 5.91 Å². The predicted octanol–water partition coefficient (Wildman–Crippen LogP) is 2.56. The molecule has 1 aromatic carbocycles. The van der Waals surface area contributed by atoms with Gasteiger partial charge in [0.1, 0.15) is 0 Å². The van der Waals surface area contributed by atoms with Gasteiger partial charge in [-0.15, -0.1) is 13.2 Å². The quantitative estimate of drug-likeness (QED) is 0.901. The zero-order chi connectivity index (χ0) is 13.9. The lowest BCUT2D eigenvalue weighted by molar-refractivity contribution is -0.274. The first-order valence-corrected chi connectivity index (χ1v) is 5.10. The van der Waals surface area contributed by atoms with Crippen LogP contribution < -0.4 is 10.1 Å². The maximum Gasteiger partial charge on any atom is 0.573 e. The standard InChI is InChI=1S/C11H8F3N3O2/c12-11(13,14)19-9-4-2-1-3-8(9)17-10(18)7-5-15-16-6-7/h1-6H,(H,15,16)(H,17,18). The maximum atomic E-state index is 12.2. The molecule has 0 saturated carbocycles. The van der Waals surface area contributed by atoms with Crippen molar-refractivity contribution in [1.82, 2.24) is 10.2 Å². The van der Waals surface area contributed by atoms with Gasteiger partial charge in [-0.25, -0.2) is 0 Å². The number of hydrogen-bond donors (Lipinski definition) is 2. The summed E-state index contributed by atoms with van der Waals surface area (Å²) in [5, 5.41) is 8.31. The molecule has 0 saturated heterocycles. The number of rotatable bonds is 3. The number of hydrogen-bond acceptors (Lipinski definition) is 3. The number of anilines is 1. The van der Waals surface area contributed by atoms with E-state index in [2.05, 4.69) is 20.3 Å². The van der Waals surface area contributed by atoms with Gasteiger partial charge in [-0.3, -0.25) is 9.89 Å². The molecule has 1 amide bonds. The fourth-order valence-corrected chi connectivity index (χ4v) is 1.35. The molecule has 0 radical (unpaired) electrons. The van der Waals surface area contributed by atoms with Gasteiger partial charge in [-0.05, 0) is 12.1 Å².